The molecule has 0 spiro atoms. The van der Waals surface area contributed by atoms with E-state index in [1.807, 2.05) is 6.92 Å². The average molecular weight is 322 g/mol. The fourth-order valence-corrected chi connectivity index (χ4v) is 2.94. The number of benzene rings is 1. The lowest BCUT2D eigenvalue weighted by Crippen LogP contribution is -2.17. The Kier molecular flexibility index (Phi) is 5.27. The quantitative estimate of drug-likeness (QED) is 0.876. The molecule has 0 aliphatic carbocycles. The Morgan fingerprint density at radius 1 is 1.41 bits per heavy atom. The van der Waals surface area contributed by atoms with E-state index < -0.39 is 10.0 Å². The van der Waals surface area contributed by atoms with E-state index in [1.54, 1.807) is 18.2 Å². The number of anilines is 1. The van der Waals surface area contributed by atoms with Crippen LogP contribution in [0.4, 0.5) is 5.69 Å². The van der Waals surface area contributed by atoms with Gasteiger partial charge in [-0.25, -0.2) is 8.42 Å². The first kappa shape index (κ1) is 14.3. The topological polar surface area (TPSA) is 55.4 Å². The van der Waals surface area contributed by atoms with Crippen molar-refractivity contribution in [3.05, 3.63) is 22.7 Å². The molecule has 0 heterocycles. The first-order chi connectivity index (χ1) is 7.98. The van der Waals surface area contributed by atoms with Crippen LogP contribution in [0.25, 0.3) is 0 Å². The predicted molar refractivity (Wildman–Crippen MR) is 73.0 cm³/mol. The second-order valence-electron chi connectivity index (χ2n) is 3.62. The van der Waals surface area contributed by atoms with Gasteiger partial charge in [-0.15, -0.1) is 0 Å². The zero-order valence-electron chi connectivity index (χ0n) is 9.86. The summed E-state index contributed by atoms with van der Waals surface area (Å²) < 4.78 is 31.9. The minimum atomic E-state index is -3.30. The first-order valence-electron chi connectivity index (χ1n) is 5.32. The molecular weight excluding hydrogens is 306 g/mol. The van der Waals surface area contributed by atoms with E-state index >= 15 is 0 Å². The van der Waals surface area contributed by atoms with Gasteiger partial charge in [-0.05, 0) is 24.6 Å². The van der Waals surface area contributed by atoms with Gasteiger partial charge < -0.3 is 4.74 Å². The molecule has 1 aromatic rings. The van der Waals surface area contributed by atoms with Crippen molar-refractivity contribution in [3.8, 4) is 5.75 Å². The highest BCUT2D eigenvalue weighted by molar-refractivity contribution is 9.10. The molecule has 0 atom stereocenters. The summed E-state index contributed by atoms with van der Waals surface area (Å²) in [5.74, 6) is 0.632. The van der Waals surface area contributed by atoms with Gasteiger partial charge >= 0.3 is 0 Å². The molecule has 17 heavy (non-hydrogen) atoms. The minimum absolute atomic E-state index is 0.124. The second kappa shape index (κ2) is 6.26. The summed E-state index contributed by atoms with van der Waals surface area (Å²) in [6, 6.07) is 5.19. The monoisotopic (exact) mass is 321 g/mol. The van der Waals surface area contributed by atoms with Crippen molar-refractivity contribution in [1.82, 2.24) is 0 Å². The Morgan fingerprint density at radius 3 is 2.71 bits per heavy atom. The molecule has 96 valence electrons. The van der Waals surface area contributed by atoms with E-state index in [-0.39, 0.29) is 5.75 Å². The van der Waals surface area contributed by atoms with Gasteiger partial charge in [0, 0.05) is 4.47 Å². The number of unbranched alkanes of at least 4 members (excludes halogenated alkanes) is 1. The van der Waals surface area contributed by atoms with Gasteiger partial charge in [0.25, 0.3) is 0 Å². The van der Waals surface area contributed by atoms with Crippen LogP contribution in [0.2, 0.25) is 0 Å². The molecule has 0 radical (unpaired) electrons. The SMILES string of the molecule is CCCCS(=O)(=O)Nc1cc(Br)ccc1OC. The Hall–Kier alpha value is -0.750. The predicted octanol–water partition coefficient (Wildman–Crippen LogP) is 3.00. The van der Waals surface area contributed by atoms with E-state index in [9.17, 15) is 8.42 Å². The Bertz CT molecular complexity index is 474. The van der Waals surface area contributed by atoms with E-state index in [0.717, 1.165) is 10.9 Å². The van der Waals surface area contributed by atoms with Gasteiger partial charge in [0.1, 0.15) is 5.75 Å². The third kappa shape index (κ3) is 4.55. The summed E-state index contributed by atoms with van der Waals surface area (Å²) in [7, 11) is -1.79. The molecule has 4 nitrogen and oxygen atoms in total. The molecule has 0 bridgehead atoms. The maximum absolute atomic E-state index is 11.8. The molecule has 0 fully saturated rings. The lowest BCUT2D eigenvalue weighted by atomic mass is 10.3. The van der Waals surface area contributed by atoms with Crippen molar-refractivity contribution in [2.75, 3.05) is 17.6 Å². The maximum Gasteiger partial charge on any atom is 0.232 e. The molecule has 0 aromatic heterocycles. The van der Waals surface area contributed by atoms with Crippen molar-refractivity contribution < 1.29 is 13.2 Å². The number of nitrogens with one attached hydrogen (secondary N) is 1. The van der Waals surface area contributed by atoms with Crippen molar-refractivity contribution in [2.24, 2.45) is 0 Å². The number of ether oxygens (including phenoxy) is 1. The number of hydrogen-bond acceptors (Lipinski definition) is 3. The summed E-state index contributed by atoms with van der Waals surface area (Å²) >= 11 is 3.30. The van der Waals surface area contributed by atoms with Crippen LogP contribution < -0.4 is 9.46 Å². The highest BCUT2D eigenvalue weighted by Crippen LogP contribution is 2.28. The Morgan fingerprint density at radius 2 is 2.12 bits per heavy atom. The van der Waals surface area contributed by atoms with Crippen LogP contribution in [-0.2, 0) is 10.0 Å². The smallest absolute Gasteiger partial charge is 0.232 e. The molecule has 6 heteroatoms. The average Bonchev–Trinajstić information content (AvgIpc) is 2.26. The van der Waals surface area contributed by atoms with Crippen LogP contribution in [0.1, 0.15) is 19.8 Å². The molecule has 1 aromatic carbocycles. The highest BCUT2D eigenvalue weighted by atomic mass is 79.9. The van der Waals surface area contributed by atoms with Gasteiger partial charge in [0.05, 0.1) is 18.6 Å². The van der Waals surface area contributed by atoms with Crippen molar-refractivity contribution in [1.29, 1.82) is 0 Å². The molecule has 1 rings (SSSR count). The van der Waals surface area contributed by atoms with E-state index in [4.69, 9.17) is 4.74 Å². The molecule has 0 saturated heterocycles. The van der Waals surface area contributed by atoms with Crippen molar-refractivity contribution >= 4 is 31.6 Å². The maximum atomic E-state index is 11.8. The Balaban J connectivity index is 2.90. The third-order valence-electron chi connectivity index (χ3n) is 2.19. The van der Waals surface area contributed by atoms with Gasteiger partial charge in [-0.2, -0.15) is 0 Å². The van der Waals surface area contributed by atoms with Crippen LogP contribution >= 0.6 is 15.9 Å². The second-order valence-corrected chi connectivity index (χ2v) is 6.38. The van der Waals surface area contributed by atoms with E-state index in [0.29, 0.717) is 17.9 Å². The summed E-state index contributed by atoms with van der Waals surface area (Å²) in [6.07, 6.45) is 1.49. The highest BCUT2D eigenvalue weighted by Gasteiger charge is 2.13. The summed E-state index contributed by atoms with van der Waals surface area (Å²) in [5, 5.41) is 0. The number of rotatable bonds is 6. The zero-order chi connectivity index (χ0) is 12.9. The normalized spacial score (nSPS) is 11.2. The number of sulfonamides is 1. The fraction of sp³-hybridized carbons (Fsp3) is 0.455. The fourth-order valence-electron chi connectivity index (χ4n) is 1.31. The lowest BCUT2D eigenvalue weighted by molar-refractivity contribution is 0.417. The molecule has 0 aliphatic heterocycles. The summed E-state index contributed by atoms with van der Waals surface area (Å²) in [4.78, 5) is 0. The lowest BCUT2D eigenvalue weighted by Gasteiger charge is -2.11. The molecule has 0 amide bonds. The molecule has 0 saturated carbocycles. The third-order valence-corrected chi connectivity index (χ3v) is 4.04. The van der Waals surface area contributed by atoms with E-state index in [1.165, 1.54) is 7.11 Å². The van der Waals surface area contributed by atoms with Crippen LogP contribution in [0.15, 0.2) is 22.7 Å². The van der Waals surface area contributed by atoms with E-state index in [2.05, 4.69) is 20.7 Å². The van der Waals surface area contributed by atoms with Crippen LogP contribution in [0.5, 0.6) is 5.75 Å². The zero-order valence-corrected chi connectivity index (χ0v) is 12.3. The molecule has 1 N–H and O–H groups in total. The number of hydrogen-bond donors (Lipinski definition) is 1. The van der Waals surface area contributed by atoms with Gasteiger partial charge in [-0.3, -0.25) is 4.72 Å². The van der Waals surface area contributed by atoms with Gasteiger partial charge in [-0.1, -0.05) is 29.3 Å². The Labute approximate surface area is 111 Å². The van der Waals surface area contributed by atoms with Gasteiger partial charge in [0.2, 0.25) is 10.0 Å². The number of methoxy groups -OCH3 is 1. The largest absolute Gasteiger partial charge is 0.495 e. The first-order valence-corrected chi connectivity index (χ1v) is 7.77. The number of halogens is 1. The van der Waals surface area contributed by atoms with Crippen LogP contribution in [-0.4, -0.2) is 21.3 Å². The van der Waals surface area contributed by atoms with Crippen molar-refractivity contribution in [2.45, 2.75) is 19.8 Å². The van der Waals surface area contributed by atoms with Gasteiger partial charge in [0.15, 0.2) is 0 Å². The summed E-state index contributed by atoms with van der Waals surface area (Å²) in [5.41, 5.74) is 0.456. The van der Waals surface area contributed by atoms with Crippen LogP contribution in [0.3, 0.4) is 0 Å². The molecule has 0 aliphatic rings. The molecule has 0 unspecified atom stereocenters. The van der Waals surface area contributed by atoms with Crippen molar-refractivity contribution in [3.63, 3.8) is 0 Å². The minimum Gasteiger partial charge on any atom is -0.495 e. The summed E-state index contributed by atoms with van der Waals surface area (Å²) in [6.45, 7) is 1.95. The standard InChI is InChI=1S/C11H16BrNO3S/c1-3-4-7-17(14,15)13-10-8-9(12)5-6-11(10)16-2/h5-6,8,13H,3-4,7H2,1-2H3. The molecular formula is C11H16BrNO3S. The van der Waals surface area contributed by atoms with Crippen LogP contribution in [0, 0.1) is 0 Å².